The minimum Gasteiger partial charge on any atom is -0.349 e. The molecule has 0 aliphatic rings. The van der Waals surface area contributed by atoms with Gasteiger partial charge >= 0.3 is 0 Å². The van der Waals surface area contributed by atoms with Gasteiger partial charge in [0, 0.05) is 10.9 Å². The van der Waals surface area contributed by atoms with Crippen LogP contribution in [0.5, 0.6) is 0 Å². The second kappa shape index (κ2) is 3.74. The highest BCUT2D eigenvalue weighted by Gasteiger charge is 2.00. The molecular formula is C9H7NS3. The Bertz CT molecular complexity index is 414. The minimum atomic E-state index is 0.631. The summed E-state index contributed by atoms with van der Waals surface area (Å²) in [5.74, 6) is 0. The molecule has 0 saturated carbocycles. The lowest BCUT2D eigenvalue weighted by Crippen LogP contribution is -1.72. The van der Waals surface area contributed by atoms with Crippen molar-refractivity contribution >= 4 is 51.0 Å². The Labute approximate surface area is 91.3 Å². The van der Waals surface area contributed by atoms with Gasteiger partial charge in [0.25, 0.3) is 0 Å². The molecule has 0 unspecified atom stereocenters. The third-order valence-corrected chi connectivity index (χ3v) is 2.84. The van der Waals surface area contributed by atoms with Crippen LogP contribution in [0.1, 0.15) is 0 Å². The summed E-state index contributed by atoms with van der Waals surface area (Å²) in [7, 11) is 0. The van der Waals surface area contributed by atoms with Crippen molar-refractivity contribution in [3.63, 3.8) is 0 Å². The van der Waals surface area contributed by atoms with Crippen LogP contribution < -0.4 is 0 Å². The van der Waals surface area contributed by atoms with E-state index in [9.17, 15) is 0 Å². The van der Waals surface area contributed by atoms with E-state index in [1.807, 2.05) is 18.2 Å². The van der Waals surface area contributed by atoms with Crippen LogP contribution in [0.25, 0.3) is 10.9 Å². The fourth-order valence-electron chi connectivity index (χ4n) is 1.20. The molecule has 1 nitrogen and oxygen atoms in total. The number of benzene rings is 1. The third kappa shape index (κ3) is 2.07. The molecule has 0 aliphatic heterocycles. The fraction of sp³-hybridized carbons (Fsp3) is 0. The van der Waals surface area contributed by atoms with Gasteiger partial charge in [-0.05, 0) is 12.1 Å². The molecule has 4 heteroatoms. The number of aromatic amines is 1. The van der Waals surface area contributed by atoms with E-state index in [-0.39, 0.29) is 0 Å². The number of H-pyrrole nitrogens is 1. The average Bonchev–Trinajstić information content (AvgIpc) is 2.44. The number of thioether (sulfide) groups is 1. The predicted molar refractivity (Wildman–Crippen MR) is 65.7 cm³/mol. The molecule has 1 heterocycles. The van der Waals surface area contributed by atoms with Gasteiger partial charge in [-0.3, -0.25) is 0 Å². The van der Waals surface area contributed by atoms with E-state index in [0.717, 1.165) is 10.5 Å². The Kier molecular flexibility index (Phi) is 2.62. The summed E-state index contributed by atoms with van der Waals surface area (Å²) < 4.78 is 0.631. The zero-order valence-electron chi connectivity index (χ0n) is 6.65. The molecule has 0 amide bonds. The van der Waals surface area contributed by atoms with Crippen LogP contribution in [-0.2, 0) is 0 Å². The van der Waals surface area contributed by atoms with Gasteiger partial charge in [-0.15, -0.1) is 12.6 Å². The molecule has 2 rings (SSSR count). The lowest BCUT2D eigenvalue weighted by Gasteiger charge is -1.90. The Hall–Kier alpha value is -0.450. The molecule has 0 fully saturated rings. The summed E-state index contributed by atoms with van der Waals surface area (Å²) in [6.45, 7) is 0. The topological polar surface area (TPSA) is 15.8 Å². The van der Waals surface area contributed by atoms with Crippen LogP contribution >= 0.6 is 36.6 Å². The average molecular weight is 225 g/mol. The molecule has 1 aromatic carbocycles. The smallest absolute Gasteiger partial charge is 0.107 e. The number of thiol groups is 1. The van der Waals surface area contributed by atoms with E-state index in [2.05, 4.69) is 29.7 Å². The third-order valence-electron chi connectivity index (χ3n) is 1.70. The van der Waals surface area contributed by atoms with Crippen LogP contribution in [-0.4, -0.2) is 8.51 Å². The Morgan fingerprint density at radius 3 is 2.85 bits per heavy atom. The molecule has 0 radical (unpaired) electrons. The summed E-state index contributed by atoms with van der Waals surface area (Å²) in [5, 5.41) is 2.25. The maximum atomic E-state index is 4.89. The number of thiocarbonyl (C=S) groups is 1. The fourth-order valence-corrected chi connectivity index (χ4v) is 2.30. The first kappa shape index (κ1) is 9.12. The van der Waals surface area contributed by atoms with Gasteiger partial charge < -0.3 is 4.98 Å². The highest BCUT2D eigenvalue weighted by atomic mass is 32.2. The van der Waals surface area contributed by atoms with E-state index >= 15 is 0 Å². The van der Waals surface area contributed by atoms with Crippen molar-refractivity contribution in [3.05, 3.63) is 30.3 Å². The van der Waals surface area contributed by atoms with Crippen LogP contribution in [0.15, 0.2) is 35.4 Å². The molecule has 0 bridgehead atoms. The Balaban J connectivity index is 2.44. The number of para-hydroxylation sites is 1. The van der Waals surface area contributed by atoms with Crippen LogP contribution in [0.3, 0.4) is 0 Å². The molecule has 2 aromatic rings. The lowest BCUT2D eigenvalue weighted by atomic mass is 10.3. The van der Waals surface area contributed by atoms with Crippen molar-refractivity contribution in [1.82, 2.24) is 4.98 Å². The van der Waals surface area contributed by atoms with E-state index in [1.165, 1.54) is 17.1 Å². The van der Waals surface area contributed by atoms with Crippen LogP contribution in [0, 0.1) is 0 Å². The first-order chi connectivity index (χ1) is 6.25. The maximum Gasteiger partial charge on any atom is 0.107 e. The SMILES string of the molecule is S=C(S)Sc1cc2ccccc2[nH]1. The summed E-state index contributed by atoms with van der Waals surface area (Å²) in [6.07, 6.45) is 0. The van der Waals surface area contributed by atoms with Gasteiger partial charge in [0.1, 0.15) is 3.53 Å². The highest BCUT2D eigenvalue weighted by Crippen LogP contribution is 2.25. The van der Waals surface area contributed by atoms with Crippen molar-refractivity contribution in [2.75, 3.05) is 0 Å². The molecule has 0 atom stereocenters. The summed E-state index contributed by atoms with van der Waals surface area (Å²) in [4.78, 5) is 3.25. The normalized spacial score (nSPS) is 10.5. The van der Waals surface area contributed by atoms with Gasteiger partial charge in [0.05, 0.1) is 5.03 Å². The van der Waals surface area contributed by atoms with E-state index in [1.54, 1.807) is 0 Å². The molecule has 1 N–H and O–H groups in total. The van der Waals surface area contributed by atoms with Gasteiger partial charge in [-0.1, -0.05) is 42.2 Å². The Morgan fingerprint density at radius 2 is 2.15 bits per heavy atom. The van der Waals surface area contributed by atoms with Gasteiger partial charge in [-0.2, -0.15) is 0 Å². The number of hydrogen-bond donors (Lipinski definition) is 2. The molecular weight excluding hydrogens is 218 g/mol. The highest BCUT2D eigenvalue weighted by molar-refractivity contribution is 8.41. The summed E-state index contributed by atoms with van der Waals surface area (Å²) in [6, 6.07) is 10.2. The molecule has 0 spiro atoms. The van der Waals surface area contributed by atoms with Gasteiger partial charge in [-0.25, -0.2) is 0 Å². The number of nitrogens with one attached hydrogen (secondary N) is 1. The predicted octanol–water partition coefficient (Wildman–Crippen LogP) is 3.47. The zero-order valence-corrected chi connectivity index (χ0v) is 9.18. The zero-order chi connectivity index (χ0) is 9.26. The Morgan fingerprint density at radius 1 is 1.38 bits per heavy atom. The second-order valence-electron chi connectivity index (χ2n) is 2.59. The van der Waals surface area contributed by atoms with E-state index < -0.39 is 0 Å². The van der Waals surface area contributed by atoms with Crippen LogP contribution in [0.2, 0.25) is 0 Å². The number of fused-ring (bicyclic) bond motifs is 1. The molecule has 1 aromatic heterocycles. The number of aromatic nitrogens is 1. The van der Waals surface area contributed by atoms with Crippen LogP contribution in [0.4, 0.5) is 0 Å². The molecule has 13 heavy (non-hydrogen) atoms. The number of hydrogen-bond acceptors (Lipinski definition) is 2. The van der Waals surface area contributed by atoms with E-state index in [4.69, 9.17) is 12.2 Å². The van der Waals surface area contributed by atoms with Crippen molar-refractivity contribution in [3.8, 4) is 0 Å². The van der Waals surface area contributed by atoms with Gasteiger partial charge in [0.15, 0.2) is 0 Å². The standard InChI is InChI=1S/C9H7NS3/c11-9(12)13-8-5-6-3-1-2-4-7(6)10-8/h1-5,10H,(H,11,12). The summed E-state index contributed by atoms with van der Waals surface area (Å²) >= 11 is 10.4. The van der Waals surface area contributed by atoms with Crippen molar-refractivity contribution in [2.24, 2.45) is 0 Å². The lowest BCUT2D eigenvalue weighted by molar-refractivity contribution is 1.25. The molecule has 0 saturated heterocycles. The minimum absolute atomic E-state index is 0.631. The number of rotatable bonds is 1. The van der Waals surface area contributed by atoms with Crippen molar-refractivity contribution < 1.29 is 0 Å². The quantitative estimate of drug-likeness (QED) is 0.439. The van der Waals surface area contributed by atoms with Crippen molar-refractivity contribution in [1.29, 1.82) is 0 Å². The largest absolute Gasteiger partial charge is 0.349 e. The first-order valence-corrected chi connectivity index (χ1v) is 5.41. The van der Waals surface area contributed by atoms with E-state index in [0.29, 0.717) is 3.53 Å². The maximum absolute atomic E-state index is 4.89. The second-order valence-corrected chi connectivity index (χ2v) is 5.36. The van der Waals surface area contributed by atoms with Gasteiger partial charge in [0.2, 0.25) is 0 Å². The summed E-state index contributed by atoms with van der Waals surface area (Å²) in [5.41, 5.74) is 1.13. The molecule has 66 valence electrons. The first-order valence-electron chi connectivity index (χ1n) is 3.74. The van der Waals surface area contributed by atoms with Crippen molar-refractivity contribution in [2.45, 2.75) is 5.03 Å². The molecule has 0 aliphatic carbocycles. The monoisotopic (exact) mass is 225 g/mol.